The first kappa shape index (κ1) is 15.0. The van der Waals surface area contributed by atoms with Gasteiger partial charge in [0.2, 0.25) is 0 Å². The molecular formula is C16H28N2S. The van der Waals surface area contributed by atoms with Gasteiger partial charge < -0.3 is 10.2 Å². The third-order valence-electron chi connectivity index (χ3n) is 3.98. The zero-order valence-corrected chi connectivity index (χ0v) is 13.4. The Labute approximate surface area is 122 Å². The predicted octanol–water partition coefficient (Wildman–Crippen LogP) is 3.52. The van der Waals surface area contributed by atoms with Gasteiger partial charge in [0, 0.05) is 24.0 Å². The number of nitrogens with one attached hydrogen (secondary N) is 1. The van der Waals surface area contributed by atoms with Crippen LogP contribution in [0.2, 0.25) is 0 Å². The van der Waals surface area contributed by atoms with Gasteiger partial charge in [0.1, 0.15) is 0 Å². The van der Waals surface area contributed by atoms with Gasteiger partial charge in [-0.3, -0.25) is 0 Å². The molecule has 1 aliphatic rings. The lowest BCUT2D eigenvalue weighted by Crippen LogP contribution is -2.43. The van der Waals surface area contributed by atoms with E-state index in [1.807, 2.05) is 11.3 Å². The molecule has 3 heteroatoms. The van der Waals surface area contributed by atoms with Crippen LogP contribution in [-0.4, -0.2) is 30.6 Å². The van der Waals surface area contributed by atoms with Crippen LogP contribution in [0.1, 0.15) is 44.1 Å². The molecule has 108 valence electrons. The predicted molar refractivity (Wildman–Crippen MR) is 84.8 cm³/mol. The van der Waals surface area contributed by atoms with Crippen LogP contribution in [0.15, 0.2) is 11.4 Å². The quantitative estimate of drug-likeness (QED) is 0.857. The summed E-state index contributed by atoms with van der Waals surface area (Å²) in [5.41, 5.74) is 1.52. The Kier molecular flexibility index (Phi) is 5.86. The first-order valence-electron chi connectivity index (χ1n) is 7.70. The highest BCUT2D eigenvalue weighted by Crippen LogP contribution is 2.18. The van der Waals surface area contributed by atoms with Crippen molar-refractivity contribution in [1.29, 1.82) is 0 Å². The van der Waals surface area contributed by atoms with E-state index in [1.165, 1.54) is 42.9 Å². The van der Waals surface area contributed by atoms with Gasteiger partial charge in [-0.15, -0.1) is 11.3 Å². The van der Waals surface area contributed by atoms with E-state index in [0.29, 0.717) is 0 Å². The smallest absolute Gasteiger partial charge is 0.0305 e. The van der Waals surface area contributed by atoms with Crippen LogP contribution >= 0.6 is 11.3 Å². The average Bonchev–Trinajstić information content (AvgIpc) is 2.84. The second-order valence-corrected chi connectivity index (χ2v) is 7.07. The van der Waals surface area contributed by atoms with E-state index in [1.54, 1.807) is 0 Å². The SMILES string of the molecule is CCc1ccsc1CNC1CCN(CC(C)C)CC1. The highest BCUT2D eigenvalue weighted by atomic mass is 32.1. The van der Waals surface area contributed by atoms with Crippen LogP contribution < -0.4 is 5.32 Å². The van der Waals surface area contributed by atoms with Crippen LogP contribution in [0.4, 0.5) is 0 Å². The number of nitrogens with zero attached hydrogens (tertiary/aromatic N) is 1. The fourth-order valence-electron chi connectivity index (χ4n) is 2.91. The second kappa shape index (κ2) is 7.41. The van der Waals surface area contributed by atoms with Crippen molar-refractivity contribution in [2.45, 2.75) is 52.6 Å². The molecule has 1 N–H and O–H groups in total. The lowest BCUT2D eigenvalue weighted by Gasteiger charge is -2.33. The van der Waals surface area contributed by atoms with E-state index >= 15 is 0 Å². The minimum Gasteiger partial charge on any atom is -0.309 e. The first-order chi connectivity index (χ1) is 9.19. The molecule has 1 aliphatic heterocycles. The summed E-state index contributed by atoms with van der Waals surface area (Å²) < 4.78 is 0. The van der Waals surface area contributed by atoms with Crippen LogP contribution in [-0.2, 0) is 13.0 Å². The molecule has 0 bridgehead atoms. The van der Waals surface area contributed by atoms with Gasteiger partial charge >= 0.3 is 0 Å². The molecule has 1 fully saturated rings. The molecule has 0 atom stereocenters. The van der Waals surface area contributed by atoms with E-state index in [0.717, 1.165) is 24.9 Å². The van der Waals surface area contributed by atoms with Gasteiger partial charge in [-0.2, -0.15) is 0 Å². The normalized spacial score (nSPS) is 18.3. The molecule has 0 amide bonds. The van der Waals surface area contributed by atoms with Crippen LogP contribution in [0.3, 0.4) is 0 Å². The van der Waals surface area contributed by atoms with Crippen molar-refractivity contribution in [2.75, 3.05) is 19.6 Å². The third-order valence-corrected chi connectivity index (χ3v) is 4.94. The summed E-state index contributed by atoms with van der Waals surface area (Å²) >= 11 is 1.90. The molecule has 0 unspecified atom stereocenters. The number of hydrogen-bond acceptors (Lipinski definition) is 3. The van der Waals surface area contributed by atoms with Gasteiger partial charge in [0.25, 0.3) is 0 Å². The topological polar surface area (TPSA) is 15.3 Å². The summed E-state index contributed by atoms with van der Waals surface area (Å²) in [5, 5.41) is 5.98. The Morgan fingerprint density at radius 2 is 2.11 bits per heavy atom. The summed E-state index contributed by atoms with van der Waals surface area (Å²) in [5.74, 6) is 0.794. The largest absolute Gasteiger partial charge is 0.309 e. The van der Waals surface area contributed by atoms with Gasteiger partial charge in [-0.1, -0.05) is 20.8 Å². The molecule has 0 spiro atoms. The molecule has 19 heavy (non-hydrogen) atoms. The number of likely N-dealkylation sites (tertiary alicyclic amines) is 1. The van der Waals surface area contributed by atoms with E-state index in [4.69, 9.17) is 0 Å². The number of piperidine rings is 1. The highest BCUT2D eigenvalue weighted by molar-refractivity contribution is 7.10. The molecule has 2 rings (SSSR count). The maximum Gasteiger partial charge on any atom is 0.0305 e. The van der Waals surface area contributed by atoms with Gasteiger partial charge in [0.15, 0.2) is 0 Å². The Morgan fingerprint density at radius 3 is 2.74 bits per heavy atom. The Hall–Kier alpha value is -0.380. The minimum absolute atomic E-state index is 0.718. The molecule has 0 aromatic carbocycles. The molecular weight excluding hydrogens is 252 g/mol. The fraction of sp³-hybridized carbons (Fsp3) is 0.750. The summed E-state index contributed by atoms with van der Waals surface area (Å²) in [6.07, 6.45) is 3.77. The third kappa shape index (κ3) is 4.59. The average molecular weight is 280 g/mol. The van der Waals surface area contributed by atoms with Gasteiger partial charge in [-0.25, -0.2) is 0 Å². The van der Waals surface area contributed by atoms with E-state index in [-0.39, 0.29) is 0 Å². The van der Waals surface area contributed by atoms with Gasteiger partial charge in [0.05, 0.1) is 0 Å². The van der Waals surface area contributed by atoms with Crippen molar-refractivity contribution in [1.82, 2.24) is 10.2 Å². The molecule has 0 radical (unpaired) electrons. The van der Waals surface area contributed by atoms with Crippen molar-refractivity contribution in [2.24, 2.45) is 5.92 Å². The van der Waals surface area contributed by atoms with Crippen molar-refractivity contribution in [3.63, 3.8) is 0 Å². The Morgan fingerprint density at radius 1 is 1.37 bits per heavy atom. The number of hydrogen-bond donors (Lipinski definition) is 1. The molecule has 1 aromatic rings. The van der Waals surface area contributed by atoms with Gasteiger partial charge in [-0.05, 0) is 55.3 Å². The lowest BCUT2D eigenvalue weighted by molar-refractivity contribution is 0.179. The fourth-order valence-corrected chi connectivity index (χ4v) is 3.84. The molecule has 0 saturated carbocycles. The van der Waals surface area contributed by atoms with E-state index in [9.17, 15) is 0 Å². The Balaban J connectivity index is 1.71. The summed E-state index contributed by atoms with van der Waals surface area (Å²) in [7, 11) is 0. The summed E-state index contributed by atoms with van der Waals surface area (Å²) in [6, 6.07) is 2.99. The van der Waals surface area contributed by atoms with Crippen LogP contribution in [0.5, 0.6) is 0 Å². The zero-order chi connectivity index (χ0) is 13.7. The molecule has 0 aliphatic carbocycles. The van der Waals surface area contributed by atoms with E-state index < -0.39 is 0 Å². The number of aryl methyl sites for hydroxylation is 1. The maximum atomic E-state index is 3.76. The van der Waals surface area contributed by atoms with Crippen molar-refractivity contribution in [3.8, 4) is 0 Å². The zero-order valence-electron chi connectivity index (χ0n) is 12.6. The summed E-state index contributed by atoms with van der Waals surface area (Å²) in [4.78, 5) is 4.15. The number of thiophene rings is 1. The lowest BCUT2D eigenvalue weighted by atomic mass is 10.0. The van der Waals surface area contributed by atoms with Crippen molar-refractivity contribution >= 4 is 11.3 Å². The molecule has 1 aromatic heterocycles. The maximum absolute atomic E-state index is 3.76. The standard InChI is InChI=1S/C16H28N2S/c1-4-14-7-10-19-16(14)11-17-15-5-8-18(9-6-15)12-13(2)3/h7,10,13,15,17H,4-6,8-9,11-12H2,1-3H3. The molecule has 2 nitrogen and oxygen atoms in total. The minimum atomic E-state index is 0.718. The highest BCUT2D eigenvalue weighted by Gasteiger charge is 2.19. The first-order valence-corrected chi connectivity index (χ1v) is 8.58. The van der Waals surface area contributed by atoms with Crippen LogP contribution in [0.25, 0.3) is 0 Å². The van der Waals surface area contributed by atoms with E-state index in [2.05, 4.69) is 42.4 Å². The van der Waals surface area contributed by atoms with Crippen molar-refractivity contribution < 1.29 is 0 Å². The van der Waals surface area contributed by atoms with Crippen LogP contribution in [0, 0.1) is 5.92 Å². The number of rotatable bonds is 6. The monoisotopic (exact) mass is 280 g/mol. The Bertz CT molecular complexity index is 365. The summed E-state index contributed by atoms with van der Waals surface area (Å²) in [6.45, 7) is 11.7. The molecule has 2 heterocycles. The molecule has 1 saturated heterocycles. The van der Waals surface area contributed by atoms with Crippen molar-refractivity contribution in [3.05, 3.63) is 21.9 Å². The second-order valence-electron chi connectivity index (χ2n) is 6.07.